The first-order chi connectivity index (χ1) is 13.4. The van der Waals surface area contributed by atoms with Gasteiger partial charge in [0.15, 0.2) is 0 Å². The highest BCUT2D eigenvalue weighted by Crippen LogP contribution is 2.31. The van der Waals surface area contributed by atoms with Crippen LogP contribution in [-0.2, 0) is 28.9 Å². The number of esters is 1. The number of fused-ring (bicyclic) bond motifs is 2. The van der Waals surface area contributed by atoms with E-state index in [1.165, 1.54) is 12.1 Å². The summed E-state index contributed by atoms with van der Waals surface area (Å²) in [6.07, 6.45) is -4.67. The smallest absolute Gasteiger partial charge is 0.449 e. The van der Waals surface area contributed by atoms with Crippen molar-refractivity contribution in [3.63, 3.8) is 0 Å². The third-order valence-corrected chi connectivity index (χ3v) is 4.46. The zero-order valence-corrected chi connectivity index (χ0v) is 14.6. The Morgan fingerprint density at radius 1 is 0.964 bits per heavy atom. The number of alkyl halides is 3. The van der Waals surface area contributed by atoms with Crippen molar-refractivity contribution in [1.29, 1.82) is 0 Å². The molecule has 0 radical (unpaired) electrons. The second-order valence-electron chi connectivity index (χ2n) is 6.31. The fourth-order valence-electron chi connectivity index (χ4n) is 3.20. The summed E-state index contributed by atoms with van der Waals surface area (Å²) in [6, 6.07) is 19.4. The Kier molecular flexibility index (Phi) is 4.50. The summed E-state index contributed by atoms with van der Waals surface area (Å²) in [7, 11) is 0. The molecule has 4 aromatic rings. The van der Waals surface area contributed by atoms with Gasteiger partial charge in [-0.3, -0.25) is 4.79 Å². The number of carbonyl (C=O) groups excluding carboxylic acids is 1. The highest BCUT2D eigenvalue weighted by molar-refractivity contribution is 5.86. The van der Waals surface area contributed by atoms with Crippen molar-refractivity contribution in [2.45, 2.75) is 19.3 Å². The molecule has 28 heavy (non-hydrogen) atoms. The SMILES string of the molecule is O=C(Cn1c(C(F)(F)F)nc2ccccc21)OCc1cccc2ccccc12. The van der Waals surface area contributed by atoms with Crippen molar-refractivity contribution in [1.82, 2.24) is 9.55 Å². The number of imidazole rings is 1. The number of benzene rings is 3. The monoisotopic (exact) mass is 384 g/mol. The molecule has 7 heteroatoms. The van der Waals surface area contributed by atoms with Crippen LogP contribution in [0.2, 0.25) is 0 Å². The van der Waals surface area contributed by atoms with Gasteiger partial charge >= 0.3 is 12.1 Å². The highest BCUT2D eigenvalue weighted by atomic mass is 19.4. The summed E-state index contributed by atoms with van der Waals surface area (Å²) in [6.45, 7) is -0.589. The van der Waals surface area contributed by atoms with Crippen LogP contribution in [-0.4, -0.2) is 15.5 Å². The van der Waals surface area contributed by atoms with E-state index in [-0.39, 0.29) is 17.6 Å². The van der Waals surface area contributed by atoms with E-state index in [2.05, 4.69) is 4.98 Å². The molecule has 1 aromatic heterocycles. The van der Waals surface area contributed by atoms with Gasteiger partial charge in [0.2, 0.25) is 5.82 Å². The van der Waals surface area contributed by atoms with Crippen molar-refractivity contribution < 1.29 is 22.7 Å². The molecule has 3 aromatic carbocycles. The fourth-order valence-corrected chi connectivity index (χ4v) is 3.20. The summed E-state index contributed by atoms with van der Waals surface area (Å²) in [5, 5.41) is 1.93. The molecule has 0 bridgehead atoms. The molecule has 4 nitrogen and oxygen atoms in total. The molecule has 0 saturated heterocycles. The van der Waals surface area contributed by atoms with Crippen LogP contribution in [0.3, 0.4) is 0 Å². The van der Waals surface area contributed by atoms with Gasteiger partial charge in [-0.25, -0.2) is 4.98 Å². The average Bonchev–Trinajstić information content (AvgIpc) is 3.05. The largest absolute Gasteiger partial charge is 0.459 e. The van der Waals surface area contributed by atoms with Crippen molar-refractivity contribution >= 4 is 27.8 Å². The number of rotatable bonds is 4. The maximum atomic E-state index is 13.3. The lowest BCUT2D eigenvalue weighted by Crippen LogP contribution is -2.20. The Labute approximate surface area is 158 Å². The third-order valence-electron chi connectivity index (χ3n) is 4.46. The number of para-hydroxylation sites is 2. The van der Waals surface area contributed by atoms with Crippen LogP contribution in [0.25, 0.3) is 21.8 Å². The molecule has 0 aliphatic carbocycles. The molecule has 0 N–H and O–H groups in total. The lowest BCUT2D eigenvalue weighted by molar-refractivity contribution is -0.151. The number of carbonyl (C=O) groups is 1. The van der Waals surface area contributed by atoms with E-state index < -0.39 is 24.5 Å². The van der Waals surface area contributed by atoms with E-state index >= 15 is 0 Å². The van der Waals surface area contributed by atoms with E-state index in [1.807, 2.05) is 42.5 Å². The van der Waals surface area contributed by atoms with Crippen molar-refractivity contribution in [2.24, 2.45) is 0 Å². The molecular weight excluding hydrogens is 369 g/mol. The first kappa shape index (κ1) is 18.0. The number of aromatic nitrogens is 2. The Morgan fingerprint density at radius 3 is 2.50 bits per heavy atom. The van der Waals surface area contributed by atoms with Crippen LogP contribution in [0.15, 0.2) is 66.7 Å². The quantitative estimate of drug-likeness (QED) is 0.468. The number of halogens is 3. The van der Waals surface area contributed by atoms with Crippen molar-refractivity contribution in [2.75, 3.05) is 0 Å². The summed E-state index contributed by atoms with van der Waals surface area (Å²) >= 11 is 0. The molecule has 0 fully saturated rings. The Morgan fingerprint density at radius 2 is 1.68 bits per heavy atom. The topological polar surface area (TPSA) is 44.1 Å². The lowest BCUT2D eigenvalue weighted by atomic mass is 10.1. The molecule has 0 saturated carbocycles. The van der Waals surface area contributed by atoms with E-state index in [4.69, 9.17) is 4.74 Å². The van der Waals surface area contributed by atoms with Gasteiger partial charge < -0.3 is 9.30 Å². The molecule has 142 valence electrons. The minimum absolute atomic E-state index is 0.0197. The third kappa shape index (κ3) is 3.43. The summed E-state index contributed by atoms with van der Waals surface area (Å²) in [4.78, 5) is 15.9. The Bertz CT molecular complexity index is 1160. The van der Waals surface area contributed by atoms with E-state index in [0.717, 1.165) is 20.9 Å². The predicted molar refractivity (Wildman–Crippen MR) is 98.5 cm³/mol. The zero-order valence-electron chi connectivity index (χ0n) is 14.6. The van der Waals surface area contributed by atoms with Crippen LogP contribution < -0.4 is 0 Å². The summed E-state index contributed by atoms with van der Waals surface area (Å²) in [5.41, 5.74) is 1.20. The number of nitrogens with zero attached hydrogens (tertiary/aromatic N) is 2. The van der Waals surface area contributed by atoms with Crippen LogP contribution in [0.1, 0.15) is 11.4 Å². The van der Waals surface area contributed by atoms with Gasteiger partial charge in [-0.15, -0.1) is 0 Å². The standard InChI is InChI=1S/C21H15F3N2O2/c22-21(23,24)20-25-17-10-3-4-11-18(17)26(20)12-19(27)28-13-15-8-5-7-14-6-1-2-9-16(14)15/h1-11H,12-13H2. The number of hydrogen-bond acceptors (Lipinski definition) is 3. The molecular formula is C21H15F3N2O2. The van der Waals surface area contributed by atoms with Gasteiger partial charge in [-0.05, 0) is 28.5 Å². The normalized spacial score (nSPS) is 11.8. The zero-order chi connectivity index (χ0) is 19.7. The van der Waals surface area contributed by atoms with Gasteiger partial charge in [0.05, 0.1) is 11.0 Å². The molecule has 0 aliphatic rings. The van der Waals surface area contributed by atoms with Gasteiger partial charge in [-0.2, -0.15) is 13.2 Å². The first-order valence-electron chi connectivity index (χ1n) is 8.58. The minimum atomic E-state index is -4.67. The molecule has 4 rings (SSSR count). The molecule has 0 aliphatic heterocycles. The maximum absolute atomic E-state index is 13.3. The molecule has 0 unspecified atom stereocenters. The van der Waals surface area contributed by atoms with Crippen LogP contribution in [0.5, 0.6) is 0 Å². The van der Waals surface area contributed by atoms with Crippen LogP contribution in [0, 0.1) is 0 Å². The predicted octanol–water partition coefficient (Wildman–Crippen LogP) is 4.95. The maximum Gasteiger partial charge on any atom is 0.449 e. The molecule has 0 amide bonds. The van der Waals surface area contributed by atoms with Gasteiger partial charge in [0, 0.05) is 0 Å². The molecule has 0 atom stereocenters. The van der Waals surface area contributed by atoms with Crippen LogP contribution in [0.4, 0.5) is 13.2 Å². The number of hydrogen-bond donors (Lipinski definition) is 0. The summed E-state index contributed by atoms with van der Waals surface area (Å²) in [5.74, 6) is -1.88. The second kappa shape index (κ2) is 6.99. The number of ether oxygens (including phenoxy) is 1. The summed E-state index contributed by atoms with van der Waals surface area (Å²) < 4.78 is 46.1. The highest BCUT2D eigenvalue weighted by Gasteiger charge is 2.38. The van der Waals surface area contributed by atoms with Gasteiger partial charge in [-0.1, -0.05) is 54.6 Å². The van der Waals surface area contributed by atoms with E-state index in [1.54, 1.807) is 12.1 Å². The van der Waals surface area contributed by atoms with E-state index in [0.29, 0.717) is 0 Å². The fraction of sp³-hybridized carbons (Fsp3) is 0.143. The van der Waals surface area contributed by atoms with Gasteiger partial charge in [0.25, 0.3) is 0 Å². The molecule has 0 spiro atoms. The lowest BCUT2D eigenvalue weighted by Gasteiger charge is -2.12. The van der Waals surface area contributed by atoms with Crippen LogP contribution >= 0.6 is 0 Å². The average molecular weight is 384 g/mol. The van der Waals surface area contributed by atoms with Crippen molar-refractivity contribution in [3.8, 4) is 0 Å². The second-order valence-corrected chi connectivity index (χ2v) is 6.31. The Balaban J connectivity index is 1.57. The Hall–Kier alpha value is -3.35. The van der Waals surface area contributed by atoms with E-state index in [9.17, 15) is 18.0 Å². The minimum Gasteiger partial charge on any atom is -0.459 e. The van der Waals surface area contributed by atoms with Crippen molar-refractivity contribution in [3.05, 3.63) is 78.1 Å². The molecule has 1 heterocycles. The first-order valence-corrected chi connectivity index (χ1v) is 8.58. The van der Waals surface area contributed by atoms with Gasteiger partial charge in [0.1, 0.15) is 13.2 Å².